The number of rotatable bonds is 4. The summed E-state index contributed by atoms with van der Waals surface area (Å²) in [5.74, 6) is -0.716. The second-order valence-corrected chi connectivity index (χ2v) is 10.4. The summed E-state index contributed by atoms with van der Waals surface area (Å²) in [7, 11) is 0. The number of carbonyl (C=O) groups excluding carboxylic acids is 3. The van der Waals surface area contributed by atoms with Crippen LogP contribution in [0.3, 0.4) is 0 Å². The summed E-state index contributed by atoms with van der Waals surface area (Å²) in [5, 5.41) is 2.37. The second kappa shape index (κ2) is 8.50. The molecule has 2 saturated heterocycles. The van der Waals surface area contributed by atoms with E-state index in [1.54, 1.807) is 4.90 Å². The zero-order valence-electron chi connectivity index (χ0n) is 19.1. The molecule has 0 spiro atoms. The van der Waals surface area contributed by atoms with E-state index in [0.29, 0.717) is 23.9 Å². The Bertz CT molecular complexity index is 916. The minimum atomic E-state index is -0.555. The third-order valence-corrected chi connectivity index (χ3v) is 7.91. The van der Waals surface area contributed by atoms with Crippen LogP contribution >= 0.6 is 0 Å². The number of benzene rings is 1. The number of imide groups is 1. The van der Waals surface area contributed by atoms with E-state index in [9.17, 15) is 14.4 Å². The van der Waals surface area contributed by atoms with Crippen molar-refractivity contribution in [2.24, 2.45) is 5.41 Å². The predicted molar refractivity (Wildman–Crippen MR) is 122 cm³/mol. The number of fused-ring (bicyclic) bond motifs is 1. The number of piperazine rings is 1. The molecule has 5 rings (SSSR count). The maximum absolute atomic E-state index is 12.9. The van der Waals surface area contributed by atoms with Gasteiger partial charge in [0.2, 0.25) is 11.8 Å². The first-order valence-electron chi connectivity index (χ1n) is 12.2. The second-order valence-electron chi connectivity index (χ2n) is 10.4. The van der Waals surface area contributed by atoms with Gasteiger partial charge >= 0.3 is 0 Å². The number of nitrogens with one attached hydrogen (secondary N) is 1. The summed E-state index contributed by atoms with van der Waals surface area (Å²) in [6, 6.07) is 5.52. The van der Waals surface area contributed by atoms with Crippen molar-refractivity contribution >= 4 is 23.4 Å². The number of hydrogen-bond acceptors (Lipinski definition) is 5. The van der Waals surface area contributed by atoms with Gasteiger partial charge in [0.25, 0.3) is 5.91 Å². The van der Waals surface area contributed by atoms with Crippen LogP contribution in [0.15, 0.2) is 18.2 Å². The van der Waals surface area contributed by atoms with Gasteiger partial charge in [0, 0.05) is 56.9 Å². The zero-order chi connectivity index (χ0) is 22.3. The lowest BCUT2D eigenvalue weighted by atomic mass is 9.75. The first-order valence-corrected chi connectivity index (χ1v) is 12.2. The van der Waals surface area contributed by atoms with Gasteiger partial charge in [-0.3, -0.25) is 24.6 Å². The molecule has 0 bridgehead atoms. The molecule has 4 aliphatic rings. The highest BCUT2D eigenvalue weighted by atomic mass is 16.2. The van der Waals surface area contributed by atoms with Crippen molar-refractivity contribution in [2.75, 3.05) is 37.6 Å². The molecule has 0 unspecified atom stereocenters. The van der Waals surface area contributed by atoms with Crippen LogP contribution in [0.5, 0.6) is 0 Å². The molecule has 1 aromatic rings. The largest absolute Gasteiger partial charge is 0.369 e. The van der Waals surface area contributed by atoms with E-state index in [-0.39, 0.29) is 24.1 Å². The standard InChI is InChI=1S/C25H34N4O3/c1-25(9-3-2-4-10-25)17-27-11-13-28(14-12-27)19-5-6-20-18(15-19)16-29(24(20)32)21-7-8-22(30)26-23(21)31/h5-6,15,21H,2-4,7-14,16-17H2,1H3,(H,26,30,31)/t21-/m0/s1. The van der Waals surface area contributed by atoms with Gasteiger partial charge in [0.05, 0.1) is 0 Å². The van der Waals surface area contributed by atoms with Gasteiger partial charge < -0.3 is 9.80 Å². The molecule has 1 saturated carbocycles. The van der Waals surface area contributed by atoms with Crippen LogP contribution in [0.1, 0.15) is 67.8 Å². The van der Waals surface area contributed by atoms with Gasteiger partial charge in [0.1, 0.15) is 6.04 Å². The Hall–Kier alpha value is -2.41. The smallest absolute Gasteiger partial charge is 0.255 e. The molecule has 3 heterocycles. The van der Waals surface area contributed by atoms with E-state index in [4.69, 9.17) is 0 Å². The Morgan fingerprint density at radius 2 is 1.78 bits per heavy atom. The highest BCUT2D eigenvalue weighted by Crippen LogP contribution is 2.37. The molecule has 0 aromatic heterocycles. The van der Waals surface area contributed by atoms with E-state index in [1.165, 1.54) is 38.6 Å². The number of anilines is 1. The van der Waals surface area contributed by atoms with Gasteiger partial charge in [-0.1, -0.05) is 26.2 Å². The van der Waals surface area contributed by atoms with Gasteiger partial charge in [-0.15, -0.1) is 0 Å². The van der Waals surface area contributed by atoms with E-state index < -0.39 is 6.04 Å². The van der Waals surface area contributed by atoms with Crippen LogP contribution in [0.2, 0.25) is 0 Å². The normalized spacial score (nSPS) is 26.3. The Labute approximate surface area is 190 Å². The van der Waals surface area contributed by atoms with Crippen LogP contribution in [0.4, 0.5) is 5.69 Å². The van der Waals surface area contributed by atoms with Crippen LogP contribution in [0.25, 0.3) is 0 Å². The third kappa shape index (κ3) is 4.15. The predicted octanol–water partition coefficient (Wildman–Crippen LogP) is 2.54. The average Bonchev–Trinajstić information content (AvgIpc) is 3.10. The molecule has 1 aliphatic carbocycles. The maximum Gasteiger partial charge on any atom is 0.255 e. The monoisotopic (exact) mass is 438 g/mol. The molecule has 1 atom stereocenters. The Balaban J connectivity index is 1.21. The van der Waals surface area contributed by atoms with Gasteiger partial charge in [-0.2, -0.15) is 0 Å². The van der Waals surface area contributed by atoms with E-state index >= 15 is 0 Å². The summed E-state index contributed by atoms with van der Waals surface area (Å²) < 4.78 is 0. The van der Waals surface area contributed by atoms with Crippen molar-refractivity contribution < 1.29 is 14.4 Å². The molecule has 0 radical (unpaired) electrons. The first kappa shape index (κ1) is 21.4. The van der Waals surface area contributed by atoms with Crippen molar-refractivity contribution in [1.29, 1.82) is 0 Å². The Kier molecular flexibility index (Phi) is 5.70. The van der Waals surface area contributed by atoms with Gasteiger partial charge in [-0.25, -0.2) is 0 Å². The van der Waals surface area contributed by atoms with E-state index in [0.717, 1.165) is 37.4 Å². The van der Waals surface area contributed by atoms with Crippen LogP contribution < -0.4 is 10.2 Å². The lowest BCUT2D eigenvalue weighted by Gasteiger charge is -2.42. The number of hydrogen-bond donors (Lipinski definition) is 1. The summed E-state index contributed by atoms with van der Waals surface area (Å²) in [4.78, 5) is 43.3. The Morgan fingerprint density at radius 1 is 1.03 bits per heavy atom. The molecule has 1 aromatic carbocycles. The minimum absolute atomic E-state index is 0.105. The summed E-state index contributed by atoms with van der Waals surface area (Å²) in [6.45, 7) is 8.26. The number of piperidine rings is 1. The molecule has 3 aliphatic heterocycles. The van der Waals surface area contributed by atoms with Crippen molar-refractivity contribution in [3.63, 3.8) is 0 Å². The highest BCUT2D eigenvalue weighted by Gasteiger charge is 2.39. The molecule has 32 heavy (non-hydrogen) atoms. The molecular formula is C25H34N4O3. The Morgan fingerprint density at radius 3 is 2.50 bits per heavy atom. The summed E-state index contributed by atoms with van der Waals surface area (Å²) in [5.41, 5.74) is 3.30. The topological polar surface area (TPSA) is 73.0 Å². The molecular weight excluding hydrogens is 404 g/mol. The molecule has 1 N–H and O–H groups in total. The molecule has 3 fully saturated rings. The highest BCUT2D eigenvalue weighted by molar-refractivity contribution is 6.05. The fourth-order valence-electron chi connectivity index (χ4n) is 6.03. The van der Waals surface area contributed by atoms with Crippen molar-refractivity contribution in [2.45, 2.75) is 64.5 Å². The van der Waals surface area contributed by atoms with Crippen LogP contribution in [-0.2, 0) is 16.1 Å². The molecule has 7 nitrogen and oxygen atoms in total. The number of nitrogens with zero attached hydrogens (tertiary/aromatic N) is 3. The van der Waals surface area contributed by atoms with E-state index in [2.05, 4.69) is 28.1 Å². The molecule has 7 heteroatoms. The molecule has 172 valence electrons. The van der Waals surface area contributed by atoms with Gasteiger partial charge in [-0.05, 0) is 48.4 Å². The fraction of sp³-hybridized carbons (Fsp3) is 0.640. The third-order valence-electron chi connectivity index (χ3n) is 7.91. The number of amides is 3. The quantitative estimate of drug-likeness (QED) is 0.732. The first-order chi connectivity index (χ1) is 15.4. The number of carbonyl (C=O) groups is 3. The average molecular weight is 439 g/mol. The lowest BCUT2D eigenvalue weighted by Crippen LogP contribution is -2.52. The van der Waals surface area contributed by atoms with Crippen molar-refractivity contribution in [3.05, 3.63) is 29.3 Å². The molecule has 3 amide bonds. The van der Waals surface area contributed by atoms with Crippen molar-refractivity contribution in [1.82, 2.24) is 15.1 Å². The summed E-state index contributed by atoms with van der Waals surface area (Å²) in [6.07, 6.45) is 7.54. The zero-order valence-corrected chi connectivity index (χ0v) is 19.1. The van der Waals surface area contributed by atoms with Crippen molar-refractivity contribution in [3.8, 4) is 0 Å². The fourth-order valence-corrected chi connectivity index (χ4v) is 6.03. The minimum Gasteiger partial charge on any atom is -0.369 e. The van der Waals surface area contributed by atoms with Crippen LogP contribution in [0, 0.1) is 5.41 Å². The van der Waals surface area contributed by atoms with Gasteiger partial charge in [0.15, 0.2) is 0 Å². The van der Waals surface area contributed by atoms with Crippen LogP contribution in [-0.4, -0.2) is 66.3 Å². The van der Waals surface area contributed by atoms with E-state index in [1.807, 2.05) is 12.1 Å². The lowest BCUT2D eigenvalue weighted by molar-refractivity contribution is -0.136. The SMILES string of the molecule is CC1(CN2CCN(c3ccc4c(c3)CN([C@H]3CCC(=O)NC3=O)C4=O)CC2)CCCCC1. The summed E-state index contributed by atoms with van der Waals surface area (Å²) >= 11 is 0. The maximum atomic E-state index is 12.9.